The number of anilines is 5. The van der Waals surface area contributed by atoms with E-state index >= 15 is 0 Å². The molecule has 54 heavy (non-hydrogen) atoms. The highest BCUT2D eigenvalue weighted by atomic mass is 16.5. The zero-order valence-corrected chi connectivity index (χ0v) is 31.1. The lowest BCUT2D eigenvalue weighted by atomic mass is 9.90. The number of aliphatic hydroxyl groups is 1. The maximum absolute atomic E-state index is 13.9. The topological polar surface area (TPSA) is 163 Å². The maximum Gasteiger partial charge on any atom is 0.293 e. The second kappa shape index (κ2) is 13.8. The van der Waals surface area contributed by atoms with Crippen molar-refractivity contribution in [2.45, 2.75) is 58.8 Å². The molecular formula is C39H46N10O5. The highest BCUT2D eigenvalue weighted by Crippen LogP contribution is 2.40. The van der Waals surface area contributed by atoms with Crippen molar-refractivity contribution in [2.24, 2.45) is 12.5 Å². The SMILES string of the molecule is C=CC(=O)Nc1cc(Nc2nc(-c3ccnc(N4CCn5c(cc6c5CC(C)(C)C6)C4=O)c3CO)cn(C)c2=O)cnc1N1CCN(C2COC2)CC1C. The Balaban J connectivity index is 1.08. The largest absolute Gasteiger partial charge is 0.392 e. The van der Waals surface area contributed by atoms with Crippen LogP contribution >= 0.6 is 0 Å². The van der Waals surface area contributed by atoms with Crippen LogP contribution in [0.15, 0.2) is 54.2 Å². The molecule has 2 saturated heterocycles. The van der Waals surface area contributed by atoms with Crippen LogP contribution in [0.25, 0.3) is 11.3 Å². The average Bonchev–Trinajstić information content (AvgIpc) is 3.61. The van der Waals surface area contributed by atoms with Gasteiger partial charge in [0.25, 0.3) is 11.5 Å². The van der Waals surface area contributed by atoms with Gasteiger partial charge in [-0.2, -0.15) is 0 Å². The van der Waals surface area contributed by atoms with Crippen LogP contribution in [0.2, 0.25) is 0 Å². The maximum atomic E-state index is 13.9. The third-order valence-corrected chi connectivity index (χ3v) is 11.1. The molecule has 15 heteroatoms. The minimum atomic E-state index is -0.403. The molecule has 4 aromatic rings. The van der Waals surface area contributed by atoms with Crippen LogP contribution in [-0.4, -0.2) is 97.4 Å². The molecule has 3 N–H and O–H groups in total. The number of piperazine rings is 1. The molecule has 8 rings (SSSR count). The van der Waals surface area contributed by atoms with Crippen LogP contribution in [0.3, 0.4) is 0 Å². The monoisotopic (exact) mass is 734 g/mol. The fraction of sp³-hybridized carbons (Fsp3) is 0.436. The molecule has 0 saturated carbocycles. The second-order valence-electron chi connectivity index (χ2n) is 15.5. The summed E-state index contributed by atoms with van der Waals surface area (Å²) in [6.45, 7) is 14.8. The van der Waals surface area contributed by atoms with E-state index in [9.17, 15) is 19.5 Å². The fourth-order valence-corrected chi connectivity index (χ4v) is 8.27. The molecular weight excluding hydrogens is 688 g/mol. The molecule has 1 unspecified atom stereocenters. The van der Waals surface area contributed by atoms with Crippen LogP contribution < -0.4 is 26.0 Å². The van der Waals surface area contributed by atoms with Crippen molar-refractivity contribution < 1.29 is 19.4 Å². The summed E-state index contributed by atoms with van der Waals surface area (Å²) >= 11 is 0. The molecule has 4 aliphatic rings. The lowest BCUT2D eigenvalue weighted by molar-refractivity contribution is -0.111. The molecule has 0 aromatic carbocycles. The van der Waals surface area contributed by atoms with Crippen LogP contribution in [-0.2, 0) is 42.6 Å². The van der Waals surface area contributed by atoms with Gasteiger partial charge in [0.1, 0.15) is 11.5 Å². The predicted molar refractivity (Wildman–Crippen MR) is 205 cm³/mol. The first kappa shape index (κ1) is 35.6. The molecule has 1 atom stereocenters. The van der Waals surface area contributed by atoms with Crippen molar-refractivity contribution in [3.63, 3.8) is 0 Å². The Morgan fingerprint density at radius 1 is 1.11 bits per heavy atom. The van der Waals surface area contributed by atoms with Crippen molar-refractivity contribution in [3.8, 4) is 11.3 Å². The Labute approximate surface area is 313 Å². The number of hydrogen-bond acceptors (Lipinski definition) is 11. The van der Waals surface area contributed by atoms with E-state index in [0.717, 1.165) is 45.7 Å². The van der Waals surface area contributed by atoms with E-state index in [0.29, 0.717) is 64.7 Å². The van der Waals surface area contributed by atoms with Gasteiger partial charge in [-0.15, -0.1) is 0 Å². The Bertz CT molecular complexity index is 2220. The van der Waals surface area contributed by atoms with Crippen molar-refractivity contribution in [1.29, 1.82) is 0 Å². The molecule has 0 spiro atoms. The van der Waals surface area contributed by atoms with E-state index in [1.807, 2.05) is 6.07 Å². The first-order valence-electron chi connectivity index (χ1n) is 18.4. The number of carbonyl (C=O) groups is 2. The van der Waals surface area contributed by atoms with Gasteiger partial charge in [0.15, 0.2) is 11.6 Å². The van der Waals surface area contributed by atoms with Gasteiger partial charge in [0.05, 0.1) is 49.1 Å². The van der Waals surface area contributed by atoms with E-state index in [1.165, 1.54) is 21.9 Å². The summed E-state index contributed by atoms with van der Waals surface area (Å²) in [7, 11) is 1.62. The highest BCUT2D eigenvalue weighted by molar-refractivity contribution is 6.06. The van der Waals surface area contributed by atoms with E-state index in [-0.39, 0.29) is 29.1 Å². The number of nitrogens with zero attached hydrogens (tertiary/aromatic N) is 8. The van der Waals surface area contributed by atoms with Gasteiger partial charge in [0, 0.05) is 75.0 Å². The standard InChI is InChI=1S/C39H46N10O5/c1-6-33(51)43-29-14-25(17-41-36(29)47-10-9-46(18-23(47)2)26-21-54-22-26)42-34-38(53)45(5)19-30(44-34)27-7-8-40-35(28(27)20-50)49-12-11-48-31(37(49)52)13-24-15-39(3,4)16-32(24)48/h6-8,13-14,17,19,23,26,50H,1,9-12,15-16,18,20-22H2,2-5H3,(H,42,44)(H,43,51). The number of aromatic nitrogens is 5. The quantitative estimate of drug-likeness (QED) is 0.217. The van der Waals surface area contributed by atoms with Gasteiger partial charge in [-0.05, 0) is 55.0 Å². The summed E-state index contributed by atoms with van der Waals surface area (Å²) in [4.78, 5) is 60.2. The Hall–Kier alpha value is -5.38. The number of amides is 2. The number of hydrogen-bond donors (Lipinski definition) is 3. The summed E-state index contributed by atoms with van der Waals surface area (Å²) in [5, 5.41) is 16.7. The number of rotatable bonds is 9. The van der Waals surface area contributed by atoms with Crippen molar-refractivity contribution >= 4 is 40.6 Å². The molecule has 0 bridgehead atoms. The van der Waals surface area contributed by atoms with Gasteiger partial charge in [0.2, 0.25) is 5.91 Å². The zero-order valence-electron chi connectivity index (χ0n) is 31.1. The Kier molecular flexibility index (Phi) is 9.10. The molecule has 282 valence electrons. The Morgan fingerprint density at radius 2 is 1.93 bits per heavy atom. The molecule has 15 nitrogen and oxygen atoms in total. The van der Waals surface area contributed by atoms with E-state index in [4.69, 9.17) is 14.7 Å². The summed E-state index contributed by atoms with van der Waals surface area (Å²) in [5.74, 6) is 0.441. The summed E-state index contributed by atoms with van der Waals surface area (Å²) < 4.78 is 8.95. The van der Waals surface area contributed by atoms with Crippen molar-refractivity contribution in [3.05, 3.63) is 82.3 Å². The molecule has 0 radical (unpaired) electrons. The number of nitrogens with one attached hydrogen (secondary N) is 2. The number of carbonyl (C=O) groups excluding carboxylic acids is 2. The third-order valence-electron chi connectivity index (χ3n) is 11.1. The number of aliphatic hydroxyl groups excluding tert-OH is 1. The smallest absolute Gasteiger partial charge is 0.293 e. The molecule has 1 aliphatic carbocycles. The number of pyridine rings is 2. The number of ether oxygens (including phenoxy) is 1. The molecule has 3 aliphatic heterocycles. The van der Waals surface area contributed by atoms with Crippen LogP contribution in [0.4, 0.5) is 28.8 Å². The molecule has 2 fully saturated rings. The lowest BCUT2D eigenvalue weighted by Crippen LogP contribution is -2.59. The average molecular weight is 735 g/mol. The summed E-state index contributed by atoms with van der Waals surface area (Å²) in [6.07, 6.45) is 7.85. The summed E-state index contributed by atoms with van der Waals surface area (Å²) in [6, 6.07) is 6.02. The zero-order chi connectivity index (χ0) is 37.9. The summed E-state index contributed by atoms with van der Waals surface area (Å²) in [5.41, 5.74) is 5.13. The van der Waals surface area contributed by atoms with Gasteiger partial charge in [-0.25, -0.2) is 15.0 Å². The van der Waals surface area contributed by atoms with Crippen molar-refractivity contribution in [2.75, 3.05) is 59.8 Å². The van der Waals surface area contributed by atoms with Gasteiger partial charge in [-0.3, -0.25) is 24.2 Å². The Morgan fingerprint density at radius 3 is 2.65 bits per heavy atom. The van der Waals surface area contributed by atoms with E-state index < -0.39 is 12.2 Å². The van der Waals surface area contributed by atoms with Gasteiger partial charge in [-0.1, -0.05) is 20.4 Å². The first-order valence-corrected chi connectivity index (χ1v) is 18.4. The normalized spacial score (nSPS) is 19.6. The van der Waals surface area contributed by atoms with Crippen molar-refractivity contribution in [1.82, 2.24) is 29.0 Å². The number of fused-ring (bicyclic) bond motifs is 3. The fourth-order valence-electron chi connectivity index (χ4n) is 8.27. The minimum Gasteiger partial charge on any atom is -0.392 e. The minimum absolute atomic E-state index is 0.0156. The van der Waals surface area contributed by atoms with Gasteiger partial charge >= 0.3 is 0 Å². The lowest BCUT2D eigenvalue weighted by Gasteiger charge is -2.46. The predicted octanol–water partition coefficient (Wildman–Crippen LogP) is 3.09. The van der Waals surface area contributed by atoms with Gasteiger partial charge < -0.3 is 34.5 Å². The van der Waals surface area contributed by atoms with Crippen LogP contribution in [0.5, 0.6) is 0 Å². The van der Waals surface area contributed by atoms with E-state index in [2.05, 4.69) is 57.3 Å². The second-order valence-corrected chi connectivity index (χ2v) is 15.5. The number of aryl methyl sites for hydroxylation is 1. The highest BCUT2D eigenvalue weighted by Gasteiger charge is 2.38. The molecule has 2 amide bonds. The molecule has 7 heterocycles. The van der Waals surface area contributed by atoms with Crippen LogP contribution in [0.1, 0.15) is 48.1 Å². The molecule has 4 aromatic heterocycles. The first-order chi connectivity index (χ1) is 25.9. The van der Waals surface area contributed by atoms with E-state index in [1.54, 1.807) is 42.7 Å². The van der Waals surface area contributed by atoms with Crippen LogP contribution in [0, 0.1) is 5.41 Å². The third kappa shape index (κ3) is 6.35.